The van der Waals surface area contributed by atoms with Crippen LogP contribution < -0.4 is 5.32 Å². The van der Waals surface area contributed by atoms with Crippen molar-refractivity contribution in [3.05, 3.63) is 11.6 Å². The molecule has 0 aromatic carbocycles. The highest BCUT2D eigenvalue weighted by atomic mass is 16.5. The van der Waals surface area contributed by atoms with Crippen LogP contribution in [0.15, 0.2) is 11.6 Å². The van der Waals surface area contributed by atoms with Crippen molar-refractivity contribution >= 4 is 0 Å². The molecule has 0 aliphatic carbocycles. The van der Waals surface area contributed by atoms with Crippen molar-refractivity contribution in [1.29, 1.82) is 0 Å². The van der Waals surface area contributed by atoms with Gasteiger partial charge in [-0.1, -0.05) is 18.6 Å². The van der Waals surface area contributed by atoms with Gasteiger partial charge < -0.3 is 10.1 Å². The maximum atomic E-state index is 5.46. The predicted molar refractivity (Wildman–Crippen MR) is 78.0 cm³/mol. The van der Waals surface area contributed by atoms with Crippen molar-refractivity contribution in [2.45, 2.75) is 52.6 Å². The summed E-state index contributed by atoms with van der Waals surface area (Å²) in [5, 5.41) is 3.68. The third-order valence-corrected chi connectivity index (χ3v) is 3.70. The van der Waals surface area contributed by atoms with E-state index in [1.165, 1.54) is 12.0 Å². The SMILES string of the molecule is CCCNC(C=C(C)C)C(C)(C)N1CCOCC1. The third kappa shape index (κ3) is 4.38. The van der Waals surface area contributed by atoms with Crippen molar-refractivity contribution in [2.75, 3.05) is 32.8 Å². The first-order chi connectivity index (χ1) is 8.48. The summed E-state index contributed by atoms with van der Waals surface area (Å²) in [7, 11) is 0. The molecule has 1 heterocycles. The van der Waals surface area contributed by atoms with Crippen molar-refractivity contribution in [3.8, 4) is 0 Å². The zero-order chi connectivity index (χ0) is 13.6. The Kier molecular flexibility index (Phi) is 6.33. The summed E-state index contributed by atoms with van der Waals surface area (Å²) in [6, 6.07) is 0.403. The normalized spacial score (nSPS) is 19.6. The molecule has 18 heavy (non-hydrogen) atoms. The largest absolute Gasteiger partial charge is 0.379 e. The number of morpholine rings is 1. The average Bonchev–Trinajstić information content (AvgIpc) is 2.35. The quantitative estimate of drug-likeness (QED) is 0.737. The van der Waals surface area contributed by atoms with E-state index in [2.05, 4.69) is 50.9 Å². The summed E-state index contributed by atoms with van der Waals surface area (Å²) in [6.45, 7) is 16.1. The Morgan fingerprint density at radius 2 is 1.94 bits per heavy atom. The van der Waals surface area contributed by atoms with Gasteiger partial charge in [0.2, 0.25) is 0 Å². The lowest BCUT2D eigenvalue weighted by atomic mass is 9.90. The van der Waals surface area contributed by atoms with Crippen LogP contribution in [0.1, 0.15) is 41.0 Å². The van der Waals surface area contributed by atoms with E-state index < -0.39 is 0 Å². The smallest absolute Gasteiger partial charge is 0.0594 e. The second-order valence-electron chi connectivity index (χ2n) is 5.93. The molecule has 1 atom stereocenters. The molecule has 0 radical (unpaired) electrons. The molecule has 0 aromatic rings. The van der Waals surface area contributed by atoms with E-state index in [1.54, 1.807) is 0 Å². The number of nitrogens with one attached hydrogen (secondary N) is 1. The highest BCUT2D eigenvalue weighted by Gasteiger charge is 2.34. The maximum Gasteiger partial charge on any atom is 0.0594 e. The van der Waals surface area contributed by atoms with E-state index in [4.69, 9.17) is 4.74 Å². The second kappa shape index (κ2) is 7.27. The monoisotopic (exact) mass is 254 g/mol. The molecule has 0 bridgehead atoms. The standard InChI is InChI=1S/C15H30N2O/c1-6-7-16-14(12-13(2)3)15(4,5)17-8-10-18-11-9-17/h12,14,16H,6-11H2,1-5H3. The van der Waals surface area contributed by atoms with E-state index in [0.717, 1.165) is 32.8 Å². The minimum absolute atomic E-state index is 0.135. The highest BCUT2D eigenvalue weighted by molar-refractivity contribution is 5.10. The lowest BCUT2D eigenvalue weighted by Gasteiger charge is -2.45. The molecule has 1 aliphatic rings. The van der Waals surface area contributed by atoms with Gasteiger partial charge >= 0.3 is 0 Å². The molecular formula is C15H30N2O. The van der Waals surface area contributed by atoms with Gasteiger partial charge in [-0.05, 0) is 40.7 Å². The Labute approximate surface area is 113 Å². The van der Waals surface area contributed by atoms with E-state index in [-0.39, 0.29) is 5.54 Å². The summed E-state index contributed by atoms with van der Waals surface area (Å²) in [5.41, 5.74) is 1.51. The first-order valence-corrected chi connectivity index (χ1v) is 7.19. The molecule has 3 nitrogen and oxygen atoms in total. The number of rotatable bonds is 6. The highest BCUT2D eigenvalue weighted by Crippen LogP contribution is 2.22. The maximum absolute atomic E-state index is 5.46. The van der Waals surface area contributed by atoms with Gasteiger partial charge in [-0.15, -0.1) is 0 Å². The van der Waals surface area contributed by atoms with Crippen LogP contribution in [-0.2, 0) is 4.74 Å². The van der Waals surface area contributed by atoms with Crippen LogP contribution in [0.25, 0.3) is 0 Å². The third-order valence-electron chi connectivity index (χ3n) is 3.70. The molecule has 1 aliphatic heterocycles. The van der Waals surface area contributed by atoms with E-state index in [9.17, 15) is 0 Å². The lowest BCUT2D eigenvalue weighted by molar-refractivity contribution is -0.0177. The van der Waals surface area contributed by atoms with Gasteiger partial charge in [0.15, 0.2) is 0 Å². The first-order valence-electron chi connectivity index (χ1n) is 7.19. The molecule has 0 saturated carbocycles. The fourth-order valence-electron chi connectivity index (χ4n) is 2.48. The molecule has 0 amide bonds. The Hall–Kier alpha value is -0.380. The van der Waals surface area contributed by atoms with Crippen molar-refractivity contribution in [2.24, 2.45) is 0 Å². The van der Waals surface area contributed by atoms with Gasteiger partial charge in [0.1, 0.15) is 0 Å². The Morgan fingerprint density at radius 3 is 2.44 bits per heavy atom. The molecule has 1 unspecified atom stereocenters. The number of allylic oxidation sites excluding steroid dienone is 1. The van der Waals surface area contributed by atoms with Crippen LogP contribution in [0.3, 0.4) is 0 Å². The van der Waals surface area contributed by atoms with E-state index in [1.807, 2.05) is 0 Å². The number of hydrogen-bond donors (Lipinski definition) is 1. The molecule has 0 spiro atoms. The molecule has 1 saturated heterocycles. The zero-order valence-electron chi connectivity index (χ0n) is 12.8. The van der Waals surface area contributed by atoms with Gasteiger partial charge in [0, 0.05) is 24.7 Å². The minimum Gasteiger partial charge on any atom is -0.379 e. The van der Waals surface area contributed by atoms with Gasteiger partial charge in [-0.2, -0.15) is 0 Å². The first kappa shape index (κ1) is 15.7. The molecular weight excluding hydrogens is 224 g/mol. The van der Waals surface area contributed by atoms with Gasteiger partial charge in [-0.25, -0.2) is 0 Å². The number of ether oxygens (including phenoxy) is 1. The summed E-state index contributed by atoms with van der Waals surface area (Å²) in [6.07, 6.45) is 3.54. The minimum atomic E-state index is 0.135. The topological polar surface area (TPSA) is 24.5 Å². The van der Waals surface area contributed by atoms with Crippen molar-refractivity contribution < 1.29 is 4.74 Å². The fourth-order valence-corrected chi connectivity index (χ4v) is 2.48. The zero-order valence-corrected chi connectivity index (χ0v) is 12.8. The number of hydrogen-bond acceptors (Lipinski definition) is 3. The van der Waals surface area contributed by atoms with Crippen LogP contribution in [0.4, 0.5) is 0 Å². The van der Waals surface area contributed by atoms with Gasteiger partial charge in [-0.3, -0.25) is 4.90 Å². The summed E-state index contributed by atoms with van der Waals surface area (Å²) < 4.78 is 5.46. The predicted octanol–water partition coefficient (Wildman–Crippen LogP) is 2.43. The van der Waals surface area contributed by atoms with Crippen molar-refractivity contribution in [1.82, 2.24) is 10.2 Å². The van der Waals surface area contributed by atoms with Crippen LogP contribution in [0, 0.1) is 0 Å². The van der Waals surface area contributed by atoms with Crippen LogP contribution in [-0.4, -0.2) is 49.3 Å². The second-order valence-corrected chi connectivity index (χ2v) is 5.93. The Bertz CT molecular complexity index is 264. The van der Waals surface area contributed by atoms with Crippen molar-refractivity contribution in [3.63, 3.8) is 0 Å². The van der Waals surface area contributed by atoms with Gasteiger partial charge in [0.05, 0.1) is 13.2 Å². The summed E-state index contributed by atoms with van der Waals surface area (Å²) in [5.74, 6) is 0. The van der Waals surface area contributed by atoms with Crippen LogP contribution >= 0.6 is 0 Å². The molecule has 1 fully saturated rings. The van der Waals surface area contributed by atoms with E-state index >= 15 is 0 Å². The molecule has 3 heteroatoms. The van der Waals surface area contributed by atoms with Gasteiger partial charge in [0.25, 0.3) is 0 Å². The lowest BCUT2D eigenvalue weighted by Crippen LogP contribution is -2.59. The van der Waals surface area contributed by atoms with Crippen LogP contribution in [0.5, 0.6) is 0 Å². The summed E-state index contributed by atoms with van der Waals surface area (Å²) in [4.78, 5) is 2.54. The van der Waals surface area contributed by atoms with E-state index in [0.29, 0.717) is 6.04 Å². The Balaban J connectivity index is 2.76. The fraction of sp³-hybridized carbons (Fsp3) is 0.867. The average molecular weight is 254 g/mol. The Morgan fingerprint density at radius 1 is 1.33 bits per heavy atom. The van der Waals surface area contributed by atoms with Crippen LogP contribution in [0.2, 0.25) is 0 Å². The number of nitrogens with zero attached hydrogens (tertiary/aromatic N) is 1. The summed E-state index contributed by atoms with van der Waals surface area (Å²) >= 11 is 0. The molecule has 1 N–H and O–H groups in total. The molecule has 106 valence electrons. The molecule has 1 rings (SSSR count). The molecule has 0 aromatic heterocycles.